The van der Waals surface area contributed by atoms with Gasteiger partial charge in [0.05, 0.1) is 30.0 Å². The summed E-state index contributed by atoms with van der Waals surface area (Å²) < 4.78 is 39.3. The first kappa shape index (κ1) is 24.7. The van der Waals surface area contributed by atoms with E-state index < -0.39 is 23.6 Å². The van der Waals surface area contributed by atoms with Gasteiger partial charge in [-0.2, -0.15) is 13.2 Å². The van der Waals surface area contributed by atoms with Gasteiger partial charge in [0, 0.05) is 11.1 Å². The van der Waals surface area contributed by atoms with Gasteiger partial charge in [-0.25, -0.2) is 0 Å². The van der Waals surface area contributed by atoms with Gasteiger partial charge in [-0.1, -0.05) is 54.6 Å². The van der Waals surface area contributed by atoms with E-state index in [1.54, 1.807) is 54.6 Å². The molecule has 0 heterocycles. The van der Waals surface area contributed by atoms with Crippen LogP contribution in [0.2, 0.25) is 0 Å². The van der Waals surface area contributed by atoms with Gasteiger partial charge < -0.3 is 10.6 Å². The van der Waals surface area contributed by atoms with E-state index in [9.17, 15) is 27.6 Å². The Morgan fingerprint density at radius 2 is 1.24 bits per heavy atom. The Morgan fingerprint density at radius 3 is 1.85 bits per heavy atom. The van der Waals surface area contributed by atoms with Crippen LogP contribution in [0.15, 0.2) is 78.9 Å². The molecule has 34 heavy (non-hydrogen) atoms. The number of benzene rings is 3. The van der Waals surface area contributed by atoms with E-state index in [0.29, 0.717) is 16.8 Å². The molecule has 0 aliphatic heterocycles. The zero-order valence-corrected chi connectivity index (χ0v) is 18.2. The third-order valence-corrected chi connectivity index (χ3v) is 4.82. The highest BCUT2D eigenvalue weighted by molar-refractivity contribution is 6.13. The van der Waals surface area contributed by atoms with Crippen molar-refractivity contribution in [3.63, 3.8) is 0 Å². The SMILES string of the molecule is CN(CC(=O)Nc1ccccc1C(=O)c1ccccc1)CC(=O)Nc1ccccc1C(F)(F)F. The first-order chi connectivity index (χ1) is 16.1. The van der Waals surface area contributed by atoms with Crippen LogP contribution in [-0.2, 0) is 15.8 Å². The normalized spacial score (nSPS) is 11.2. The van der Waals surface area contributed by atoms with Gasteiger partial charge in [-0.3, -0.25) is 19.3 Å². The lowest BCUT2D eigenvalue weighted by Crippen LogP contribution is -2.36. The molecule has 0 bridgehead atoms. The van der Waals surface area contributed by atoms with Gasteiger partial charge in [0.2, 0.25) is 11.8 Å². The molecule has 176 valence electrons. The van der Waals surface area contributed by atoms with Gasteiger partial charge in [0.1, 0.15) is 0 Å². The monoisotopic (exact) mass is 469 g/mol. The summed E-state index contributed by atoms with van der Waals surface area (Å²) in [5.74, 6) is -1.45. The molecule has 0 unspecified atom stereocenters. The summed E-state index contributed by atoms with van der Waals surface area (Å²) in [4.78, 5) is 38.9. The van der Waals surface area contributed by atoms with Crippen LogP contribution < -0.4 is 10.6 Å². The lowest BCUT2D eigenvalue weighted by Gasteiger charge is -2.18. The van der Waals surface area contributed by atoms with Gasteiger partial charge >= 0.3 is 6.18 Å². The molecule has 0 aliphatic rings. The molecule has 0 atom stereocenters. The zero-order chi connectivity index (χ0) is 24.7. The number of carbonyl (C=O) groups excluding carboxylic acids is 3. The fraction of sp³-hybridized carbons (Fsp3) is 0.160. The molecular formula is C25H22F3N3O3. The van der Waals surface area contributed by atoms with Crippen molar-refractivity contribution in [2.24, 2.45) is 0 Å². The molecular weight excluding hydrogens is 447 g/mol. The maximum Gasteiger partial charge on any atom is 0.418 e. The smallest absolute Gasteiger partial charge is 0.324 e. The highest BCUT2D eigenvalue weighted by atomic mass is 19.4. The number of likely N-dealkylation sites (N-methyl/N-ethyl adjacent to an activating group) is 1. The average molecular weight is 469 g/mol. The lowest BCUT2D eigenvalue weighted by atomic mass is 10.0. The third kappa shape index (κ3) is 6.52. The summed E-state index contributed by atoms with van der Waals surface area (Å²) in [6.45, 7) is -0.535. The molecule has 0 saturated carbocycles. The maximum atomic E-state index is 13.1. The van der Waals surface area contributed by atoms with Crippen molar-refractivity contribution in [3.8, 4) is 0 Å². The van der Waals surface area contributed by atoms with Crippen LogP contribution in [0.3, 0.4) is 0 Å². The summed E-state index contributed by atoms with van der Waals surface area (Å²) in [5, 5.41) is 4.90. The van der Waals surface area contributed by atoms with E-state index >= 15 is 0 Å². The van der Waals surface area contributed by atoms with Crippen LogP contribution in [0.25, 0.3) is 0 Å². The van der Waals surface area contributed by atoms with E-state index in [-0.39, 0.29) is 24.6 Å². The average Bonchev–Trinajstić information content (AvgIpc) is 2.79. The van der Waals surface area contributed by atoms with Gasteiger partial charge in [-0.15, -0.1) is 0 Å². The summed E-state index contributed by atoms with van der Waals surface area (Å²) in [6.07, 6.45) is -4.61. The van der Waals surface area contributed by atoms with E-state index in [0.717, 1.165) is 12.1 Å². The molecule has 3 aromatic rings. The number of amides is 2. The fourth-order valence-corrected chi connectivity index (χ4v) is 3.30. The molecule has 3 aromatic carbocycles. The Labute approximate surface area is 194 Å². The second-order valence-electron chi connectivity index (χ2n) is 7.55. The summed E-state index contributed by atoms with van der Waals surface area (Å²) in [6, 6.07) is 19.8. The van der Waals surface area contributed by atoms with Crippen LogP contribution in [0, 0.1) is 0 Å². The molecule has 0 spiro atoms. The molecule has 6 nitrogen and oxygen atoms in total. The van der Waals surface area contributed by atoms with Crippen LogP contribution >= 0.6 is 0 Å². The first-order valence-electron chi connectivity index (χ1n) is 10.3. The Kier molecular flexibility index (Phi) is 7.80. The number of anilines is 2. The quantitative estimate of drug-likeness (QED) is 0.478. The highest BCUT2D eigenvalue weighted by Crippen LogP contribution is 2.34. The second kappa shape index (κ2) is 10.8. The van der Waals surface area contributed by atoms with Crippen molar-refractivity contribution in [1.82, 2.24) is 4.90 Å². The van der Waals surface area contributed by atoms with Crippen molar-refractivity contribution in [2.75, 3.05) is 30.8 Å². The molecule has 2 amide bonds. The molecule has 9 heteroatoms. The lowest BCUT2D eigenvalue weighted by molar-refractivity contribution is -0.137. The number of hydrogen-bond donors (Lipinski definition) is 2. The topological polar surface area (TPSA) is 78.5 Å². The van der Waals surface area contributed by atoms with Crippen LogP contribution in [0.5, 0.6) is 0 Å². The molecule has 0 radical (unpaired) electrons. The number of halogens is 3. The number of nitrogens with zero attached hydrogens (tertiary/aromatic N) is 1. The Hall–Kier alpha value is -3.98. The minimum Gasteiger partial charge on any atom is -0.324 e. The first-order valence-corrected chi connectivity index (χ1v) is 10.3. The number of nitrogens with one attached hydrogen (secondary N) is 2. The van der Waals surface area contributed by atoms with Gasteiger partial charge in [0.15, 0.2) is 5.78 Å². The minimum atomic E-state index is -4.61. The molecule has 0 fully saturated rings. The number of alkyl halides is 3. The van der Waals surface area contributed by atoms with Gasteiger partial charge in [0.25, 0.3) is 0 Å². The Morgan fingerprint density at radius 1 is 0.735 bits per heavy atom. The maximum absolute atomic E-state index is 13.1. The summed E-state index contributed by atoms with van der Waals surface area (Å²) in [7, 11) is 1.48. The molecule has 0 aliphatic carbocycles. The molecule has 0 saturated heterocycles. The zero-order valence-electron chi connectivity index (χ0n) is 18.2. The Balaban J connectivity index is 1.60. The Bertz CT molecular complexity index is 1180. The van der Waals surface area contributed by atoms with E-state index in [1.807, 2.05) is 0 Å². The largest absolute Gasteiger partial charge is 0.418 e. The van der Waals surface area contributed by atoms with Gasteiger partial charge in [-0.05, 0) is 31.3 Å². The van der Waals surface area contributed by atoms with Crippen molar-refractivity contribution < 1.29 is 27.6 Å². The predicted octanol–water partition coefficient (Wildman–Crippen LogP) is 4.45. The number of carbonyl (C=O) groups is 3. The number of hydrogen-bond acceptors (Lipinski definition) is 4. The standard InChI is InChI=1S/C25H22F3N3O3/c1-31(16-23(33)30-21-14-8-6-12-19(21)25(26,27)28)15-22(32)29-20-13-7-5-11-18(20)24(34)17-9-3-2-4-10-17/h2-14H,15-16H2,1H3,(H,29,32)(H,30,33). The second-order valence-corrected chi connectivity index (χ2v) is 7.55. The minimum absolute atomic E-state index is 0.220. The van der Waals surface area contributed by atoms with Crippen LogP contribution in [-0.4, -0.2) is 42.6 Å². The van der Waals surface area contributed by atoms with Crippen LogP contribution in [0.1, 0.15) is 21.5 Å². The summed E-state index contributed by atoms with van der Waals surface area (Å²) in [5.41, 5.74) is -0.212. The van der Waals surface area contributed by atoms with E-state index in [1.165, 1.54) is 24.1 Å². The number of ketones is 1. The van der Waals surface area contributed by atoms with Crippen LogP contribution in [0.4, 0.5) is 24.5 Å². The molecule has 3 rings (SSSR count). The highest BCUT2D eigenvalue weighted by Gasteiger charge is 2.33. The van der Waals surface area contributed by atoms with Crippen molar-refractivity contribution >= 4 is 29.0 Å². The molecule has 0 aromatic heterocycles. The number of para-hydroxylation sites is 2. The fourth-order valence-electron chi connectivity index (χ4n) is 3.30. The van der Waals surface area contributed by atoms with Crippen molar-refractivity contribution in [1.29, 1.82) is 0 Å². The third-order valence-electron chi connectivity index (χ3n) is 4.82. The van der Waals surface area contributed by atoms with E-state index in [4.69, 9.17) is 0 Å². The van der Waals surface area contributed by atoms with Crippen molar-refractivity contribution in [3.05, 3.63) is 95.6 Å². The summed E-state index contributed by atoms with van der Waals surface area (Å²) >= 11 is 0. The van der Waals surface area contributed by atoms with E-state index in [2.05, 4.69) is 10.6 Å². The molecule has 2 N–H and O–H groups in total. The van der Waals surface area contributed by atoms with Crippen molar-refractivity contribution in [2.45, 2.75) is 6.18 Å². The predicted molar refractivity (Wildman–Crippen MR) is 123 cm³/mol. The number of rotatable bonds is 8.